The molecule has 80 valence electrons. The maximum atomic E-state index is 10.8. The lowest BCUT2D eigenvalue weighted by molar-refractivity contribution is 0.348. The monoisotopic (exact) mass is 271 g/mol. The van der Waals surface area contributed by atoms with E-state index in [1.807, 2.05) is 11.9 Å². The first kappa shape index (κ1) is 13.4. The summed E-state index contributed by atoms with van der Waals surface area (Å²) in [6.45, 7) is 3.64. The fraction of sp³-hybridized carbons (Fsp3) is 1.00. The third kappa shape index (κ3) is 10.3. The molecule has 0 saturated carbocycles. The molecule has 0 aliphatic heterocycles. The van der Waals surface area contributed by atoms with Crippen LogP contribution >= 0.6 is 15.9 Å². The zero-order valence-corrected chi connectivity index (χ0v) is 10.9. The van der Waals surface area contributed by atoms with Crippen molar-refractivity contribution in [3.63, 3.8) is 0 Å². The maximum Gasteiger partial charge on any atom is 0.148 e. The summed E-state index contributed by atoms with van der Waals surface area (Å²) < 4.78 is 21.7. The number of rotatable bonds is 6. The summed E-state index contributed by atoms with van der Waals surface area (Å²) >= 11 is 3.45. The van der Waals surface area contributed by atoms with Gasteiger partial charge in [-0.3, -0.25) is 0 Å². The first-order chi connectivity index (χ1) is 5.81. The normalized spacial score (nSPS) is 14.8. The fourth-order valence-corrected chi connectivity index (χ4v) is 1.68. The molecule has 0 aliphatic carbocycles. The smallest absolute Gasteiger partial charge is 0.148 e. The van der Waals surface area contributed by atoms with Gasteiger partial charge in [0.25, 0.3) is 0 Å². The number of hydrogen-bond acceptors (Lipinski definition) is 3. The minimum Gasteiger partial charge on any atom is -0.305 e. The van der Waals surface area contributed by atoms with Crippen LogP contribution in [0.2, 0.25) is 0 Å². The standard InChI is InChI=1S/C8H18BrNO2S/c1-8(9)4-5-10(2)6-7-13(3,11)12/h8H,4-7H2,1-3H3. The van der Waals surface area contributed by atoms with Gasteiger partial charge in [0.1, 0.15) is 9.84 Å². The van der Waals surface area contributed by atoms with Crippen molar-refractivity contribution >= 4 is 25.8 Å². The van der Waals surface area contributed by atoms with E-state index in [1.54, 1.807) is 0 Å². The van der Waals surface area contributed by atoms with Crippen LogP contribution < -0.4 is 0 Å². The number of halogens is 1. The van der Waals surface area contributed by atoms with Crippen molar-refractivity contribution in [2.24, 2.45) is 0 Å². The average Bonchev–Trinajstić information content (AvgIpc) is 1.95. The summed E-state index contributed by atoms with van der Waals surface area (Å²) in [5.41, 5.74) is 0. The summed E-state index contributed by atoms with van der Waals surface area (Å²) in [5, 5.41) is 0. The molecule has 0 bridgehead atoms. The van der Waals surface area contributed by atoms with Crippen molar-refractivity contribution in [1.29, 1.82) is 0 Å². The van der Waals surface area contributed by atoms with E-state index >= 15 is 0 Å². The molecular weight excluding hydrogens is 254 g/mol. The van der Waals surface area contributed by atoms with Crippen LogP contribution in [0.5, 0.6) is 0 Å². The molecule has 1 unspecified atom stereocenters. The van der Waals surface area contributed by atoms with E-state index in [4.69, 9.17) is 0 Å². The Morgan fingerprint density at radius 2 is 1.92 bits per heavy atom. The summed E-state index contributed by atoms with van der Waals surface area (Å²) in [6, 6.07) is 0. The Morgan fingerprint density at radius 1 is 1.38 bits per heavy atom. The zero-order valence-electron chi connectivity index (χ0n) is 8.46. The van der Waals surface area contributed by atoms with E-state index < -0.39 is 9.84 Å². The van der Waals surface area contributed by atoms with Gasteiger partial charge in [-0.15, -0.1) is 0 Å². The molecule has 0 N–H and O–H groups in total. The number of nitrogens with zero attached hydrogens (tertiary/aromatic N) is 1. The maximum absolute atomic E-state index is 10.8. The Morgan fingerprint density at radius 3 is 2.31 bits per heavy atom. The van der Waals surface area contributed by atoms with Crippen molar-refractivity contribution in [2.75, 3.05) is 32.1 Å². The van der Waals surface area contributed by atoms with Crippen LogP contribution in [0.25, 0.3) is 0 Å². The lowest BCUT2D eigenvalue weighted by Gasteiger charge is -2.16. The van der Waals surface area contributed by atoms with Crippen LogP contribution in [0.1, 0.15) is 13.3 Å². The summed E-state index contributed by atoms with van der Waals surface area (Å²) in [6.07, 6.45) is 2.31. The summed E-state index contributed by atoms with van der Waals surface area (Å²) in [7, 11) is -0.866. The molecule has 1 atom stereocenters. The van der Waals surface area contributed by atoms with Crippen molar-refractivity contribution in [3.8, 4) is 0 Å². The van der Waals surface area contributed by atoms with Gasteiger partial charge in [-0.2, -0.15) is 0 Å². The van der Waals surface area contributed by atoms with Gasteiger partial charge < -0.3 is 4.90 Å². The van der Waals surface area contributed by atoms with E-state index in [0.29, 0.717) is 11.4 Å². The molecule has 0 rings (SSSR count). The highest BCUT2D eigenvalue weighted by Gasteiger charge is 2.06. The van der Waals surface area contributed by atoms with Crippen LogP contribution in [0.15, 0.2) is 0 Å². The summed E-state index contributed by atoms with van der Waals surface area (Å²) in [5.74, 6) is 0.250. The highest BCUT2D eigenvalue weighted by molar-refractivity contribution is 9.09. The highest BCUT2D eigenvalue weighted by Crippen LogP contribution is 2.03. The second-order valence-electron chi connectivity index (χ2n) is 3.50. The van der Waals surface area contributed by atoms with Gasteiger partial charge in [-0.25, -0.2) is 8.42 Å². The quantitative estimate of drug-likeness (QED) is 0.680. The van der Waals surface area contributed by atoms with Gasteiger partial charge >= 0.3 is 0 Å². The molecule has 0 heterocycles. The zero-order chi connectivity index (χ0) is 10.5. The number of sulfone groups is 1. The highest BCUT2D eigenvalue weighted by atomic mass is 79.9. The Labute approximate surface area is 89.5 Å². The average molecular weight is 272 g/mol. The Bertz CT molecular complexity index is 226. The van der Waals surface area contributed by atoms with Gasteiger partial charge in [0.2, 0.25) is 0 Å². The lowest BCUT2D eigenvalue weighted by Crippen LogP contribution is -2.27. The Balaban J connectivity index is 3.58. The largest absolute Gasteiger partial charge is 0.305 e. The van der Waals surface area contributed by atoms with E-state index in [-0.39, 0.29) is 5.75 Å². The minimum atomic E-state index is -2.81. The van der Waals surface area contributed by atoms with Crippen LogP contribution in [-0.2, 0) is 9.84 Å². The Kier molecular flexibility index (Phi) is 6.16. The van der Waals surface area contributed by atoms with Crippen molar-refractivity contribution in [3.05, 3.63) is 0 Å². The Hall–Kier alpha value is 0.390. The molecule has 0 aromatic heterocycles. The van der Waals surface area contributed by atoms with E-state index in [1.165, 1.54) is 6.26 Å². The topological polar surface area (TPSA) is 37.4 Å². The van der Waals surface area contributed by atoms with Gasteiger partial charge in [0.15, 0.2) is 0 Å². The third-order valence-electron chi connectivity index (χ3n) is 1.75. The molecule has 13 heavy (non-hydrogen) atoms. The molecule has 0 aromatic rings. The predicted octanol–water partition coefficient (Wildman–Crippen LogP) is 1.14. The molecule has 5 heteroatoms. The minimum absolute atomic E-state index is 0.250. The van der Waals surface area contributed by atoms with E-state index in [2.05, 4.69) is 22.9 Å². The van der Waals surface area contributed by atoms with Gasteiger partial charge in [-0.05, 0) is 20.0 Å². The molecule has 0 saturated heterocycles. The number of alkyl halides is 1. The molecule has 0 radical (unpaired) electrons. The molecule has 0 amide bonds. The SMILES string of the molecule is CC(Br)CCN(C)CCS(C)(=O)=O. The van der Waals surface area contributed by atoms with E-state index in [9.17, 15) is 8.42 Å². The molecule has 0 fully saturated rings. The van der Waals surface area contributed by atoms with Gasteiger partial charge in [0.05, 0.1) is 5.75 Å². The fourth-order valence-electron chi connectivity index (χ4n) is 0.832. The van der Waals surface area contributed by atoms with Crippen LogP contribution in [0.3, 0.4) is 0 Å². The lowest BCUT2D eigenvalue weighted by atomic mass is 10.3. The molecule has 0 aliphatic rings. The first-order valence-corrected chi connectivity index (χ1v) is 7.29. The van der Waals surface area contributed by atoms with Crippen LogP contribution in [0.4, 0.5) is 0 Å². The second-order valence-corrected chi connectivity index (χ2v) is 7.33. The van der Waals surface area contributed by atoms with Gasteiger partial charge in [-0.1, -0.05) is 22.9 Å². The van der Waals surface area contributed by atoms with Gasteiger partial charge in [0, 0.05) is 17.6 Å². The van der Waals surface area contributed by atoms with Crippen molar-refractivity contribution in [1.82, 2.24) is 4.90 Å². The predicted molar refractivity (Wildman–Crippen MR) is 60.2 cm³/mol. The molecular formula is C8H18BrNO2S. The molecule has 0 spiro atoms. The first-order valence-electron chi connectivity index (χ1n) is 4.31. The molecule has 3 nitrogen and oxygen atoms in total. The molecule has 0 aromatic carbocycles. The number of hydrogen-bond donors (Lipinski definition) is 0. The van der Waals surface area contributed by atoms with Crippen molar-refractivity contribution < 1.29 is 8.42 Å². The van der Waals surface area contributed by atoms with Crippen molar-refractivity contribution in [2.45, 2.75) is 18.2 Å². The second kappa shape index (κ2) is 5.98. The third-order valence-corrected chi connectivity index (χ3v) is 3.13. The van der Waals surface area contributed by atoms with E-state index in [0.717, 1.165) is 13.0 Å². The summed E-state index contributed by atoms with van der Waals surface area (Å²) in [4.78, 5) is 2.53. The van der Waals surface area contributed by atoms with Crippen LogP contribution in [-0.4, -0.2) is 50.3 Å². The van der Waals surface area contributed by atoms with Crippen LogP contribution in [0, 0.1) is 0 Å².